The van der Waals surface area contributed by atoms with Crippen LogP contribution in [0.2, 0.25) is 0 Å². The number of rotatable bonds is 8. The normalized spacial score (nSPS) is 10.4. The first-order valence-corrected chi connectivity index (χ1v) is 9.00. The van der Waals surface area contributed by atoms with Crippen molar-refractivity contribution in [2.75, 3.05) is 11.5 Å². The van der Waals surface area contributed by atoms with Crippen LogP contribution >= 0.6 is 35.3 Å². The molecule has 0 spiro atoms. The second kappa shape index (κ2) is 8.75. The molecule has 0 saturated carbocycles. The molecule has 0 aliphatic carbocycles. The van der Waals surface area contributed by atoms with Crippen molar-refractivity contribution in [3.63, 3.8) is 0 Å². The molecule has 0 aliphatic rings. The van der Waals surface area contributed by atoms with Crippen molar-refractivity contribution in [2.45, 2.75) is 20.4 Å². The first-order valence-electron chi connectivity index (χ1n) is 6.21. The van der Waals surface area contributed by atoms with E-state index in [1.807, 2.05) is 30.3 Å². The van der Waals surface area contributed by atoms with Gasteiger partial charge in [-0.25, -0.2) is 0 Å². The smallest absolute Gasteiger partial charge is 0.313 e. The predicted molar refractivity (Wildman–Crippen MR) is 87.1 cm³/mol. The number of nitrogens with zero attached hydrogens (tertiary/aromatic N) is 3. The molecule has 0 radical (unpaired) electrons. The van der Waals surface area contributed by atoms with E-state index in [0.29, 0.717) is 5.16 Å². The number of aromatic nitrogens is 3. The van der Waals surface area contributed by atoms with Crippen molar-refractivity contribution >= 4 is 47.2 Å². The van der Waals surface area contributed by atoms with Crippen LogP contribution in [0.4, 0.5) is 0 Å². The molecule has 0 amide bonds. The van der Waals surface area contributed by atoms with Gasteiger partial charge in [0.25, 0.3) is 0 Å². The van der Waals surface area contributed by atoms with Crippen molar-refractivity contribution < 1.29 is 19.8 Å². The fourth-order valence-corrected chi connectivity index (χ4v) is 3.39. The maximum atomic E-state index is 10.7. The van der Waals surface area contributed by atoms with Gasteiger partial charge >= 0.3 is 11.9 Å². The zero-order chi connectivity index (χ0) is 16.7. The fourth-order valence-electron chi connectivity index (χ4n) is 1.34. The Hall–Kier alpha value is -1.78. The van der Waals surface area contributed by atoms with Gasteiger partial charge in [0.05, 0.1) is 11.5 Å². The second-order valence-corrected chi connectivity index (χ2v) is 6.89. The van der Waals surface area contributed by atoms with Gasteiger partial charge in [-0.15, -0.1) is 0 Å². The summed E-state index contributed by atoms with van der Waals surface area (Å²) in [4.78, 5) is 34.8. The van der Waals surface area contributed by atoms with Gasteiger partial charge in [0, 0.05) is 4.90 Å². The van der Waals surface area contributed by atoms with Crippen molar-refractivity contribution in [1.29, 1.82) is 0 Å². The van der Waals surface area contributed by atoms with Crippen molar-refractivity contribution in [3.05, 3.63) is 30.3 Å². The molecule has 2 rings (SSSR count). The lowest BCUT2D eigenvalue weighted by atomic mass is 10.4. The zero-order valence-corrected chi connectivity index (χ0v) is 14.0. The highest BCUT2D eigenvalue weighted by Crippen LogP contribution is 2.27. The Morgan fingerprint density at radius 3 is 1.78 bits per heavy atom. The summed E-state index contributed by atoms with van der Waals surface area (Å²) in [5.74, 6) is -2.31. The molecule has 1 heterocycles. The third kappa shape index (κ3) is 6.47. The molecule has 120 valence electrons. The highest BCUT2D eigenvalue weighted by atomic mass is 32.2. The number of hydrogen-bond donors (Lipinski definition) is 2. The molecule has 2 N–H and O–H groups in total. The standard InChI is InChI=1S/C13H11N3O4S3/c17-9(18)6-21-11-14-12(22-7-10(19)20)16-13(15-11)23-8-4-2-1-3-5-8/h1-5H,6-7H2,(H,17,18)(H,19,20). The lowest BCUT2D eigenvalue weighted by Crippen LogP contribution is -2.04. The number of carbonyl (C=O) groups is 2. The van der Waals surface area contributed by atoms with E-state index in [1.54, 1.807) is 0 Å². The summed E-state index contributed by atoms with van der Waals surface area (Å²) >= 11 is 3.23. The molecular weight excluding hydrogens is 358 g/mol. The molecule has 1 aromatic heterocycles. The Balaban J connectivity index is 2.20. The Morgan fingerprint density at radius 2 is 1.30 bits per heavy atom. The lowest BCUT2D eigenvalue weighted by molar-refractivity contribution is -0.134. The highest BCUT2D eigenvalue weighted by molar-refractivity contribution is 8.00. The number of aliphatic carboxylic acids is 2. The van der Waals surface area contributed by atoms with E-state index in [-0.39, 0.29) is 21.8 Å². The van der Waals surface area contributed by atoms with Crippen LogP contribution in [-0.4, -0.2) is 48.6 Å². The largest absolute Gasteiger partial charge is 0.481 e. The van der Waals surface area contributed by atoms with Crippen molar-refractivity contribution in [2.24, 2.45) is 0 Å². The molecule has 1 aromatic carbocycles. The number of carboxylic acid groups (broad SMARTS) is 2. The molecule has 0 aliphatic heterocycles. The van der Waals surface area contributed by atoms with Crippen molar-refractivity contribution in [3.8, 4) is 0 Å². The maximum absolute atomic E-state index is 10.7. The van der Waals surface area contributed by atoms with E-state index in [2.05, 4.69) is 15.0 Å². The van der Waals surface area contributed by atoms with Crippen LogP contribution in [0.3, 0.4) is 0 Å². The summed E-state index contributed by atoms with van der Waals surface area (Å²) in [5, 5.41) is 18.4. The van der Waals surface area contributed by atoms with Gasteiger partial charge in [-0.3, -0.25) is 9.59 Å². The van der Waals surface area contributed by atoms with Crippen LogP contribution in [0, 0.1) is 0 Å². The van der Waals surface area contributed by atoms with Gasteiger partial charge in [-0.05, 0) is 23.9 Å². The molecule has 2 aromatic rings. The monoisotopic (exact) mass is 369 g/mol. The summed E-state index contributed by atoms with van der Waals surface area (Å²) < 4.78 is 0. The molecule has 7 nitrogen and oxygen atoms in total. The van der Waals surface area contributed by atoms with Crippen molar-refractivity contribution in [1.82, 2.24) is 15.0 Å². The molecule has 23 heavy (non-hydrogen) atoms. The number of hydrogen-bond acceptors (Lipinski definition) is 8. The Bertz CT molecular complexity index is 664. The van der Waals surface area contributed by atoms with Crippen LogP contribution in [0.5, 0.6) is 0 Å². The van der Waals surface area contributed by atoms with E-state index >= 15 is 0 Å². The van der Waals surface area contributed by atoms with E-state index in [4.69, 9.17) is 10.2 Å². The SMILES string of the molecule is O=C(O)CSc1nc(SCC(=O)O)nc(Sc2ccccc2)n1. The molecule has 0 fully saturated rings. The minimum Gasteiger partial charge on any atom is -0.481 e. The summed E-state index contributed by atoms with van der Waals surface area (Å²) in [6.45, 7) is 0. The highest BCUT2D eigenvalue weighted by Gasteiger charge is 2.12. The third-order valence-electron chi connectivity index (χ3n) is 2.18. The van der Waals surface area contributed by atoms with Crippen LogP contribution in [0.1, 0.15) is 0 Å². The number of carboxylic acids is 2. The summed E-state index contributed by atoms with van der Waals surface area (Å²) in [7, 11) is 0. The topological polar surface area (TPSA) is 113 Å². The third-order valence-corrected chi connectivity index (χ3v) is 4.71. The van der Waals surface area contributed by atoms with Gasteiger partial charge in [0.1, 0.15) is 0 Å². The molecule has 10 heteroatoms. The fraction of sp³-hybridized carbons (Fsp3) is 0.154. The first-order chi connectivity index (χ1) is 11.0. The van der Waals surface area contributed by atoms with Gasteiger partial charge in [-0.1, -0.05) is 41.7 Å². The van der Waals surface area contributed by atoms with Gasteiger partial charge in [-0.2, -0.15) is 15.0 Å². The summed E-state index contributed by atoms with van der Waals surface area (Å²) in [6, 6.07) is 9.43. The van der Waals surface area contributed by atoms with E-state index < -0.39 is 11.9 Å². The van der Waals surface area contributed by atoms with Gasteiger partial charge in [0.2, 0.25) is 0 Å². The average Bonchev–Trinajstić information content (AvgIpc) is 2.52. The lowest BCUT2D eigenvalue weighted by Gasteiger charge is -2.05. The summed E-state index contributed by atoms with van der Waals surface area (Å²) in [5.41, 5.74) is 0. The van der Waals surface area contributed by atoms with E-state index in [0.717, 1.165) is 28.4 Å². The van der Waals surface area contributed by atoms with Gasteiger partial charge in [0.15, 0.2) is 15.5 Å². The second-order valence-electron chi connectivity index (χ2n) is 3.96. The minimum absolute atomic E-state index is 0.178. The average molecular weight is 369 g/mol. The van der Waals surface area contributed by atoms with Gasteiger partial charge < -0.3 is 10.2 Å². The molecule has 0 unspecified atom stereocenters. The Morgan fingerprint density at radius 1 is 0.826 bits per heavy atom. The Kier molecular flexibility index (Phi) is 6.68. The van der Waals surface area contributed by atoms with E-state index in [1.165, 1.54) is 11.8 Å². The first kappa shape index (κ1) is 17.6. The number of thioether (sulfide) groups is 2. The predicted octanol–water partition coefficient (Wildman–Crippen LogP) is 2.38. The Labute approximate surface area is 144 Å². The van der Waals surface area contributed by atoms with Crippen LogP contribution in [0.15, 0.2) is 50.7 Å². The molecule has 0 atom stereocenters. The molecule has 0 saturated heterocycles. The number of benzene rings is 1. The zero-order valence-electron chi connectivity index (χ0n) is 11.6. The quantitative estimate of drug-likeness (QED) is 0.672. The van der Waals surface area contributed by atoms with E-state index in [9.17, 15) is 9.59 Å². The molecular formula is C13H11N3O4S3. The van der Waals surface area contributed by atoms with Crippen LogP contribution in [-0.2, 0) is 9.59 Å². The summed E-state index contributed by atoms with van der Waals surface area (Å²) in [6.07, 6.45) is 0. The maximum Gasteiger partial charge on any atom is 0.313 e. The molecule has 0 bridgehead atoms. The van der Waals surface area contributed by atoms with Crippen LogP contribution in [0.25, 0.3) is 0 Å². The van der Waals surface area contributed by atoms with Crippen LogP contribution < -0.4 is 0 Å². The minimum atomic E-state index is -0.979.